The molecule has 16 heavy (non-hydrogen) atoms. The van der Waals surface area contributed by atoms with E-state index in [0.717, 1.165) is 5.52 Å². The van der Waals surface area contributed by atoms with E-state index in [1.807, 2.05) is 0 Å². The van der Waals surface area contributed by atoms with E-state index in [-0.39, 0.29) is 0 Å². The van der Waals surface area contributed by atoms with Gasteiger partial charge in [-0.05, 0) is 19.1 Å². The fourth-order valence-electron chi connectivity index (χ4n) is 1.44. The number of ether oxygens (including phenoxy) is 1. The number of carbonyl (C=O) groups is 1. The van der Waals surface area contributed by atoms with Gasteiger partial charge in [0.2, 0.25) is 0 Å². The highest BCUT2D eigenvalue weighted by Crippen LogP contribution is 2.23. The molecular formula is C10H12N4O2. The van der Waals surface area contributed by atoms with Crippen LogP contribution in [0.2, 0.25) is 0 Å². The Hall–Kier alpha value is -2.24. The van der Waals surface area contributed by atoms with Gasteiger partial charge in [0.25, 0.3) is 0 Å². The Balaban J connectivity index is 2.35. The van der Waals surface area contributed by atoms with Gasteiger partial charge in [0.05, 0.1) is 24.1 Å². The molecule has 2 aromatic rings. The molecule has 0 saturated heterocycles. The maximum atomic E-state index is 11.3. The first-order valence-electron chi connectivity index (χ1n) is 4.87. The van der Waals surface area contributed by atoms with Crippen molar-refractivity contribution in [3.8, 4) is 0 Å². The number of benzene rings is 1. The summed E-state index contributed by atoms with van der Waals surface area (Å²) in [7, 11) is 0. The third-order valence-corrected chi connectivity index (χ3v) is 2.06. The smallest absolute Gasteiger partial charge is 0.411 e. The molecule has 0 unspecified atom stereocenters. The molecule has 0 fully saturated rings. The number of hydrogen-bond acceptors (Lipinski definition) is 4. The van der Waals surface area contributed by atoms with Crippen LogP contribution in [0, 0.1) is 0 Å². The molecule has 6 heteroatoms. The number of amides is 1. The number of nitrogens with zero attached hydrogens (tertiary/aromatic N) is 1. The first-order chi connectivity index (χ1) is 7.70. The van der Waals surface area contributed by atoms with Crippen LogP contribution in [-0.4, -0.2) is 22.7 Å². The van der Waals surface area contributed by atoms with Crippen molar-refractivity contribution in [1.29, 1.82) is 0 Å². The number of nitrogens with one attached hydrogen (secondary N) is 2. The zero-order chi connectivity index (χ0) is 11.5. The topological polar surface area (TPSA) is 93.0 Å². The molecule has 2 rings (SSSR count). The molecule has 4 N–H and O–H groups in total. The minimum atomic E-state index is -0.516. The molecule has 1 aromatic carbocycles. The van der Waals surface area contributed by atoms with Crippen molar-refractivity contribution in [1.82, 2.24) is 9.97 Å². The highest BCUT2D eigenvalue weighted by Gasteiger charge is 2.08. The second-order valence-corrected chi connectivity index (χ2v) is 3.21. The van der Waals surface area contributed by atoms with Crippen molar-refractivity contribution >= 4 is 28.5 Å². The van der Waals surface area contributed by atoms with Gasteiger partial charge in [-0.15, -0.1) is 0 Å². The monoisotopic (exact) mass is 220 g/mol. The van der Waals surface area contributed by atoms with Crippen LogP contribution in [0.3, 0.4) is 0 Å². The maximum Gasteiger partial charge on any atom is 0.411 e. The van der Waals surface area contributed by atoms with Crippen LogP contribution >= 0.6 is 0 Å². The van der Waals surface area contributed by atoms with E-state index >= 15 is 0 Å². The van der Waals surface area contributed by atoms with Gasteiger partial charge in [-0.1, -0.05) is 0 Å². The molecule has 1 aromatic heterocycles. The van der Waals surface area contributed by atoms with Crippen molar-refractivity contribution < 1.29 is 9.53 Å². The average molecular weight is 220 g/mol. The van der Waals surface area contributed by atoms with E-state index in [2.05, 4.69) is 15.3 Å². The van der Waals surface area contributed by atoms with Crippen LogP contribution in [0.15, 0.2) is 18.5 Å². The Labute approximate surface area is 91.8 Å². The number of aromatic nitrogens is 2. The quantitative estimate of drug-likeness (QED) is 0.671. The van der Waals surface area contributed by atoms with E-state index in [9.17, 15) is 4.79 Å². The van der Waals surface area contributed by atoms with Gasteiger partial charge in [-0.3, -0.25) is 5.32 Å². The number of aromatic amines is 1. The predicted octanol–water partition coefficient (Wildman–Crippen LogP) is 1.71. The number of carbonyl (C=O) groups excluding carboxylic acids is 1. The van der Waals surface area contributed by atoms with Crippen molar-refractivity contribution in [2.45, 2.75) is 6.92 Å². The number of H-pyrrole nitrogens is 1. The summed E-state index contributed by atoms with van der Waals surface area (Å²) in [6.45, 7) is 2.06. The first kappa shape index (κ1) is 10.3. The summed E-state index contributed by atoms with van der Waals surface area (Å²) < 4.78 is 4.78. The Morgan fingerprint density at radius 3 is 3.19 bits per heavy atom. The van der Waals surface area contributed by atoms with Crippen molar-refractivity contribution in [3.63, 3.8) is 0 Å². The van der Waals surface area contributed by atoms with Crippen LogP contribution in [0.4, 0.5) is 16.2 Å². The highest BCUT2D eigenvalue weighted by molar-refractivity contribution is 5.98. The zero-order valence-electron chi connectivity index (χ0n) is 8.78. The predicted molar refractivity (Wildman–Crippen MR) is 61.2 cm³/mol. The van der Waals surface area contributed by atoms with E-state index in [1.54, 1.807) is 25.4 Å². The number of hydrogen-bond donors (Lipinski definition) is 3. The van der Waals surface area contributed by atoms with E-state index in [0.29, 0.717) is 23.5 Å². The summed E-state index contributed by atoms with van der Waals surface area (Å²) >= 11 is 0. The van der Waals surface area contributed by atoms with Crippen LogP contribution in [0.25, 0.3) is 11.0 Å². The van der Waals surface area contributed by atoms with Crippen LogP contribution in [0.1, 0.15) is 6.92 Å². The summed E-state index contributed by atoms with van der Waals surface area (Å²) in [6.07, 6.45) is 1.03. The minimum absolute atomic E-state index is 0.317. The molecular weight excluding hydrogens is 208 g/mol. The van der Waals surface area contributed by atoms with Gasteiger partial charge in [-0.25, -0.2) is 9.78 Å². The molecule has 1 amide bonds. The van der Waals surface area contributed by atoms with Crippen LogP contribution in [-0.2, 0) is 4.74 Å². The van der Waals surface area contributed by atoms with Gasteiger partial charge < -0.3 is 15.5 Å². The van der Waals surface area contributed by atoms with E-state index in [1.165, 1.54) is 0 Å². The standard InChI is InChI=1S/C10H12N4O2/c1-2-16-10(15)14-8-4-6(11)3-7-9(8)13-5-12-7/h3-5H,2,11H2,1H3,(H,12,13)(H,14,15). The average Bonchev–Trinajstić information content (AvgIpc) is 2.65. The fraction of sp³-hybridized carbons (Fsp3) is 0.200. The summed E-state index contributed by atoms with van der Waals surface area (Å²) in [5, 5.41) is 2.59. The summed E-state index contributed by atoms with van der Waals surface area (Å²) in [5.74, 6) is 0. The third kappa shape index (κ3) is 1.90. The fourth-order valence-corrected chi connectivity index (χ4v) is 1.44. The summed E-state index contributed by atoms with van der Waals surface area (Å²) in [4.78, 5) is 18.3. The summed E-state index contributed by atoms with van der Waals surface area (Å²) in [5.41, 5.74) is 8.20. The number of rotatable bonds is 2. The van der Waals surface area contributed by atoms with Gasteiger partial charge in [0.1, 0.15) is 5.52 Å². The molecule has 0 aliphatic rings. The lowest BCUT2D eigenvalue weighted by atomic mass is 10.2. The number of nitrogen functional groups attached to an aromatic ring is 1. The van der Waals surface area contributed by atoms with Crippen molar-refractivity contribution in [2.75, 3.05) is 17.7 Å². The first-order valence-corrected chi connectivity index (χ1v) is 4.87. The third-order valence-electron chi connectivity index (χ3n) is 2.06. The molecule has 0 radical (unpaired) electrons. The lowest BCUT2D eigenvalue weighted by Crippen LogP contribution is -2.13. The molecule has 0 aliphatic carbocycles. The van der Waals surface area contributed by atoms with Gasteiger partial charge in [0, 0.05) is 5.69 Å². The van der Waals surface area contributed by atoms with Gasteiger partial charge in [-0.2, -0.15) is 0 Å². The van der Waals surface area contributed by atoms with Crippen molar-refractivity contribution in [3.05, 3.63) is 18.5 Å². The molecule has 1 heterocycles. The van der Waals surface area contributed by atoms with E-state index < -0.39 is 6.09 Å². The minimum Gasteiger partial charge on any atom is -0.450 e. The highest BCUT2D eigenvalue weighted by atomic mass is 16.5. The maximum absolute atomic E-state index is 11.3. The van der Waals surface area contributed by atoms with Gasteiger partial charge in [0.15, 0.2) is 0 Å². The number of fused-ring (bicyclic) bond motifs is 1. The Morgan fingerprint density at radius 2 is 2.44 bits per heavy atom. The molecule has 84 valence electrons. The van der Waals surface area contributed by atoms with Gasteiger partial charge >= 0.3 is 6.09 Å². The zero-order valence-corrected chi connectivity index (χ0v) is 8.78. The van der Waals surface area contributed by atoms with Crippen LogP contribution in [0.5, 0.6) is 0 Å². The number of anilines is 2. The Kier molecular flexibility index (Phi) is 2.63. The molecule has 0 bridgehead atoms. The molecule has 6 nitrogen and oxygen atoms in total. The molecule has 0 aliphatic heterocycles. The van der Waals surface area contributed by atoms with E-state index in [4.69, 9.17) is 10.5 Å². The number of imidazole rings is 1. The normalized spacial score (nSPS) is 10.3. The summed E-state index contributed by atoms with van der Waals surface area (Å²) in [6, 6.07) is 3.39. The second kappa shape index (κ2) is 4.09. The Morgan fingerprint density at radius 1 is 1.62 bits per heavy atom. The molecule has 0 atom stereocenters. The Bertz CT molecular complexity index is 521. The lowest BCUT2D eigenvalue weighted by Gasteiger charge is -2.06. The molecule has 0 saturated carbocycles. The second-order valence-electron chi connectivity index (χ2n) is 3.21. The lowest BCUT2D eigenvalue weighted by molar-refractivity contribution is 0.168. The number of nitrogens with two attached hydrogens (primary N) is 1. The molecule has 0 spiro atoms. The SMILES string of the molecule is CCOC(=O)Nc1cc(N)cc2[nH]cnc12. The van der Waals surface area contributed by atoms with Crippen molar-refractivity contribution in [2.24, 2.45) is 0 Å². The largest absolute Gasteiger partial charge is 0.450 e. The van der Waals surface area contributed by atoms with Crippen LogP contribution < -0.4 is 11.1 Å².